The van der Waals surface area contributed by atoms with Gasteiger partial charge in [-0.05, 0) is 48.4 Å². The number of hydrogen-bond acceptors (Lipinski definition) is 5. The number of benzene rings is 2. The SMILES string of the molecule is CCC(C(=O)N(C)Cc1ccc(OC)c(OC)c1)N(c1ccc(F)cc1)S(C)(=O)=O. The monoisotopic (exact) mass is 438 g/mol. The summed E-state index contributed by atoms with van der Waals surface area (Å²) in [5, 5.41) is 0. The Morgan fingerprint density at radius 3 is 2.17 bits per heavy atom. The van der Waals surface area contributed by atoms with Gasteiger partial charge in [-0.25, -0.2) is 12.8 Å². The van der Waals surface area contributed by atoms with Crippen molar-refractivity contribution in [2.24, 2.45) is 0 Å². The molecule has 2 aromatic carbocycles. The molecule has 9 heteroatoms. The first-order valence-corrected chi connectivity index (χ1v) is 11.2. The Bertz CT molecular complexity index is 979. The molecule has 0 fully saturated rings. The average Bonchev–Trinajstić information content (AvgIpc) is 2.71. The number of hydrogen-bond donors (Lipinski definition) is 0. The molecule has 0 saturated heterocycles. The quantitative estimate of drug-likeness (QED) is 0.602. The van der Waals surface area contributed by atoms with Gasteiger partial charge in [0.2, 0.25) is 15.9 Å². The molecule has 7 nitrogen and oxygen atoms in total. The summed E-state index contributed by atoms with van der Waals surface area (Å²) in [5.41, 5.74) is 1.03. The highest BCUT2D eigenvalue weighted by Gasteiger charge is 2.33. The van der Waals surface area contributed by atoms with Gasteiger partial charge in [0.25, 0.3) is 0 Å². The molecule has 164 valence electrons. The Morgan fingerprint density at radius 1 is 1.07 bits per heavy atom. The standard InChI is InChI=1S/C21H27FN2O5S/c1-6-18(24(30(5,26)27)17-10-8-16(22)9-11-17)21(25)23(2)14-15-7-12-19(28-3)20(13-15)29-4/h7-13,18H,6,14H2,1-5H3. The van der Waals surface area contributed by atoms with Crippen molar-refractivity contribution in [3.05, 3.63) is 53.8 Å². The molecule has 0 bridgehead atoms. The van der Waals surface area contributed by atoms with E-state index in [1.54, 1.807) is 32.2 Å². The van der Waals surface area contributed by atoms with Crippen LogP contribution < -0.4 is 13.8 Å². The lowest BCUT2D eigenvalue weighted by molar-refractivity contribution is -0.131. The first-order chi connectivity index (χ1) is 14.1. The molecule has 0 spiro atoms. The van der Waals surface area contributed by atoms with Crippen molar-refractivity contribution in [3.63, 3.8) is 0 Å². The zero-order valence-corrected chi connectivity index (χ0v) is 18.6. The molecule has 0 N–H and O–H groups in total. The van der Waals surface area contributed by atoms with Gasteiger partial charge in [0.1, 0.15) is 11.9 Å². The third kappa shape index (κ3) is 5.41. The fourth-order valence-corrected chi connectivity index (χ4v) is 4.42. The van der Waals surface area contributed by atoms with E-state index in [4.69, 9.17) is 9.47 Å². The zero-order chi connectivity index (χ0) is 22.5. The van der Waals surface area contributed by atoms with E-state index in [0.717, 1.165) is 28.3 Å². The molecule has 30 heavy (non-hydrogen) atoms. The van der Waals surface area contributed by atoms with Gasteiger partial charge in [0.05, 0.1) is 26.2 Å². The van der Waals surface area contributed by atoms with Crippen molar-refractivity contribution in [1.82, 2.24) is 4.90 Å². The lowest BCUT2D eigenvalue weighted by atomic mass is 10.1. The fourth-order valence-electron chi connectivity index (χ4n) is 3.22. The van der Waals surface area contributed by atoms with Crippen molar-refractivity contribution < 1.29 is 27.1 Å². The molecule has 1 atom stereocenters. The lowest BCUT2D eigenvalue weighted by Crippen LogP contribution is -2.49. The Balaban J connectivity index is 2.31. The van der Waals surface area contributed by atoms with Crippen LogP contribution in [0.3, 0.4) is 0 Å². The molecule has 1 unspecified atom stereocenters. The van der Waals surface area contributed by atoms with E-state index in [0.29, 0.717) is 11.5 Å². The average molecular weight is 439 g/mol. The highest BCUT2D eigenvalue weighted by Crippen LogP contribution is 2.28. The number of rotatable bonds is 9. The van der Waals surface area contributed by atoms with Crippen LogP contribution >= 0.6 is 0 Å². The number of amides is 1. The lowest BCUT2D eigenvalue weighted by Gasteiger charge is -2.33. The molecule has 0 aliphatic heterocycles. The highest BCUT2D eigenvalue weighted by atomic mass is 32.2. The van der Waals surface area contributed by atoms with Crippen LogP contribution in [0, 0.1) is 5.82 Å². The smallest absolute Gasteiger partial charge is 0.246 e. The molecule has 0 aliphatic carbocycles. The van der Waals surface area contributed by atoms with Gasteiger partial charge in [-0.15, -0.1) is 0 Å². The summed E-state index contributed by atoms with van der Waals surface area (Å²) in [5.74, 6) is 0.243. The van der Waals surface area contributed by atoms with Gasteiger partial charge < -0.3 is 14.4 Å². The summed E-state index contributed by atoms with van der Waals surface area (Å²) < 4.78 is 49.8. The summed E-state index contributed by atoms with van der Waals surface area (Å²) >= 11 is 0. The van der Waals surface area contributed by atoms with Gasteiger partial charge in [0, 0.05) is 13.6 Å². The molecule has 0 aliphatic rings. The van der Waals surface area contributed by atoms with E-state index in [1.807, 2.05) is 0 Å². The zero-order valence-electron chi connectivity index (χ0n) is 17.8. The van der Waals surface area contributed by atoms with E-state index < -0.39 is 21.9 Å². The van der Waals surface area contributed by atoms with Gasteiger partial charge in [-0.1, -0.05) is 13.0 Å². The number of carbonyl (C=O) groups excluding carboxylic acids is 1. The third-order valence-corrected chi connectivity index (χ3v) is 5.82. The largest absolute Gasteiger partial charge is 0.493 e. The summed E-state index contributed by atoms with van der Waals surface area (Å²) in [6.07, 6.45) is 1.28. The predicted molar refractivity (Wildman–Crippen MR) is 114 cm³/mol. The second-order valence-corrected chi connectivity index (χ2v) is 8.70. The third-order valence-electron chi connectivity index (χ3n) is 4.64. The van der Waals surface area contributed by atoms with E-state index >= 15 is 0 Å². The number of likely N-dealkylation sites (N-methyl/N-ethyl adjacent to an activating group) is 1. The number of anilines is 1. The maximum atomic E-state index is 13.3. The normalized spacial score (nSPS) is 12.2. The van der Waals surface area contributed by atoms with Crippen LogP contribution in [-0.2, 0) is 21.4 Å². The summed E-state index contributed by atoms with van der Waals surface area (Å²) in [4.78, 5) is 14.6. The first kappa shape index (κ1) is 23.5. The van der Waals surface area contributed by atoms with Crippen molar-refractivity contribution in [2.45, 2.75) is 25.9 Å². The minimum atomic E-state index is -3.79. The minimum Gasteiger partial charge on any atom is -0.493 e. The number of nitrogens with zero attached hydrogens (tertiary/aromatic N) is 2. The van der Waals surface area contributed by atoms with Crippen LogP contribution in [0.15, 0.2) is 42.5 Å². The van der Waals surface area contributed by atoms with E-state index in [1.165, 1.54) is 31.3 Å². The second-order valence-electron chi connectivity index (χ2n) is 6.84. The number of ether oxygens (including phenoxy) is 2. The number of methoxy groups -OCH3 is 2. The maximum absolute atomic E-state index is 13.3. The van der Waals surface area contributed by atoms with Gasteiger partial charge in [-0.3, -0.25) is 9.10 Å². The fraction of sp³-hybridized carbons (Fsp3) is 0.381. The molecule has 0 radical (unpaired) electrons. The van der Waals surface area contributed by atoms with Crippen LogP contribution in [0.4, 0.5) is 10.1 Å². The Kier molecular flexibility index (Phi) is 7.66. The minimum absolute atomic E-state index is 0.235. The van der Waals surface area contributed by atoms with Gasteiger partial charge >= 0.3 is 0 Å². The van der Waals surface area contributed by atoms with Gasteiger partial charge in [-0.2, -0.15) is 0 Å². The molecule has 1 amide bonds. The van der Waals surface area contributed by atoms with Crippen molar-refractivity contribution >= 4 is 21.6 Å². The highest BCUT2D eigenvalue weighted by molar-refractivity contribution is 7.92. The van der Waals surface area contributed by atoms with Crippen molar-refractivity contribution in [1.29, 1.82) is 0 Å². The van der Waals surface area contributed by atoms with Crippen LogP contribution in [0.1, 0.15) is 18.9 Å². The summed E-state index contributed by atoms with van der Waals surface area (Å²) in [6, 6.07) is 9.37. The molecular formula is C21H27FN2O5S. The molecule has 2 rings (SSSR count). The number of sulfonamides is 1. The summed E-state index contributed by atoms with van der Waals surface area (Å²) in [6.45, 7) is 1.98. The second kappa shape index (κ2) is 9.80. The Labute approximate surface area is 177 Å². The number of halogens is 1. The predicted octanol–water partition coefficient (Wildman–Crippen LogP) is 3.05. The van der Waals surface area contributed by atoms with E-state index in [-0.39, 0.29) is 24.6 Å². The maximum Gasteiger partial charge on any atom is 0.246 e. The molecular weight excluding hydrogens is 411 g/mol. The topological polar surface area (TPSA) is 76.2 Å². The molecule has 2 aromatic rings. The van der Waals surface area contributed by atoms with Crippen molar-refractivity contribution in [3.8, 4) is 11.5 Å². The van der Waals surface area contributed by atoms with E-state index in [2.05, 4.69) is 0 Å². The van der Waals surface area contributed by atoms with Crippen molar-refractivity contribution in [2.75, 3.05) is 31.8 Å². The van der Waals surface area contributed by atoms with Crippen LogP contribution in [0.2, 0.25) is 0 Å². The Morgan fingerprint density at radius 2 is 1.67 bits per heavy atom. The summed E-state index contributed by atoms with van der Waals surface area (Å²) in [7, 11) is 0.878. The van der Waals surface area contributed by atoms with Crippen LogP contribution in [0.5, 0.6) is 11.5 Å². The molecule has 0 saturated carbocycles. The Hall–Kier alpha value is -2.81. The van der Waals surface area contributed by atoms with Crippen LogP contribution in [-0.4, -0.2) is 52.8 Å². The van der Waals surface area contributed by atoms with Crippen LogP contribution in [0.25, 0.3) is 0 Å². The molecule has 0 heterocycles. The first-order valence-electron chi connectivity index (χ1n) is 9.33. The van der Waals surface area contributed by atoms with E-state index in [9.17, 15) is 17.6 Å². The molecule has 0 aromatic heterocycles. The number of carbonyl (C=O) groups is 1. The van der Waals surface area contributed by atoms with Gasteiger partial charge in [0.15, 0.2) is 11.5 Å².